The van der Waals surface area contributed by atoms with Crippen LogP contribution >= 0.6 is 11.3 Å². The summed E-state index contributed by atoms with van der Waals surface area (Å²) in [7, 11) is 0. The van der Waals surface area contributed by atoms with Gasteiger partial charge in [-0.15, -0.1) is 11.3 Å². The van der Waals surface area contributed by atoms with Gasteiger partial charge in [-0.2, -0.15) is 0 Å². The van der Waals surface area contributed by atoms with Gasteiger partial charge in [-0.3, -0.25) is 0 Å². The Morgan fingerprint density at radius 2 is 2.17 bits per heavy atom. The van der Waals surface area contributed by atoms with Crippen molar-refractivity contribution in [3.05, 3.63) is 33.5 Å². The fourth-order valence-corrected chi connectivity index (χ4v) is 3.32. The molecule has 0 fully saturated rings. The monoisotopic (exact) mass is 265 g/mol. The molecule has 0 amide bonds. The zero-order chi connectivity index (χ0) is 13.0. The fraction of sp³-hybridized carbons (Fsp3) is 0.600. The maximum atomic E-state index is 5.90. The molecule has 0 spiro atoms. The van der Waals surface area contributed by atoms with Crippen molar-refractivity contribution in [2.75, 3.05) is 6.61 Å². The van der Waals surface area contributed by atoms with Gasteiger partial charge in [0.15, 0.2) is 0 Å². The Balaban J connectivity index is 1.81. The van der Waals surface area contributed by atoms with Gasteiger partial charge >= 0.3 is 0 Å². The van der Waals surface area contributed by atoms with E-state index in [-0.39, 0.29) is 0 Å². The van der Waals surface area contributed by atoms with E-state index in [9.17, 15) is 0 Å². The minimum Gasteiger partial charge on any atom is -0.376 e. The molecule has 0 aliphatic heterocycles. The van der Waals surface area contributed by atoms with Crippen molar-refractivity contribution >= 4 is 11.3 Å². The topological polar surface area (TPSA) is 35.2 Å². The normalized spacial score (nSPS) is 23.5. The van der Waals surface area contributed by atoms with Gasteiger partial charge in [0.05, 0.1) is 13.2 Å². The number of aryl methyl sites for hydroxylation is 1. The van der Waals surface area contributed by atoms with Gasteiger partial charge in [-0.05, 0) is 43.2 Å². The smallest absolute Gasteiger partial charge is 0.0727 e. The van der Waals surface area contributed by atoms with Gasteiger partial charge in [0, 0.05) is 16.3 Å². The lowest BCUT2D eigenvalue weighted by atomic mass is 9.85. The van der Waals surface area contributed by atoms with Crippen LogP contribution in [-0.2, 0) is 17.9 Å². The van der Waals surface area contributed by atoms with Gasteiger partial charge in [-0.1, -0.05) is 19.1 Å². The summed E-state index contributed by atoms with van der Waals surface area (Å²) in [5.41, 5.74) is 6.96. The van der Waals surface area contributed by atoms with Crippen LogP contribution in [0.1, 0.15) is 35.1 Å². The van der Waals surface area contributed by atoms with Crippen LogP contribution in [0.15, 0.2) is 18.2 Å². The van der Waals surface area contributed by atoms with Crippen molar-refractivity contribution < 1.29 is 4.74 Å². The largest absolute Gasteiger partial charge is 0.376 e. The third-order valence-corrected chi connectivity index (χ3v) is 4.90. The number of hydrogen-bond donors (Lipinski definition) is 1. The lowest BCUT2D eigenvalue weighted by Crippen LogP contribution is -2.19. The number of nitrogens with two attached hydrogens (primary N) is 1. The zero-order valence-corrected chi connectivity index (χ0v) is 12.1. The Morgan fingerprint density at radius 3 is 2.83 bits per heavy atom. The minimum atomic E-state index is 0.635. The standard InChI is InChI=1S/C15H23NOS/c1-11-5-3-4-6-13(11)9-17-10-14-7-15(8-16)18-12(14)2/h3-4,7,11,13H,5-6,8-10,16H2,1-2H3. The predicted molar refractivity (Wildman–Crippen MR) is 77.6 cm³/mol. The number of ether oxygens (including phenoxy) is 1. The molecular formula is C15H23NOS. The van der Waals surface area contributed by atoms with E-state index in [0.717, 1.165) is 25.6 Å². The molecule has 2 N–H and O–H groups in total. The summed E-state index contributed by atoms with van der Waals surface area (Å²) < 4.78 is 5.90. The molecule has 2 rings (SSSR count). The highest BCUT2D eigenvalue weighted by molar-refractivity contribution is 7.12. The molecule has 1 aliphatic carbocycles. The highest BCUT2D eigenvalue weighted by atomic mass is 32.1. The number of thiophene rings is 1. The summed E-state index contributed by atoms with van der Waals surface area (Å²) in [5, 5.41) is 0. The summed E-state index contributed by atoms with van der Waals surface area (Å²) in [5.74, 6) is 1.43. The van der Waals surface area contributed by atoms with Crippen molar-refractivity contribution in [2.45, 2.75) is 39.8 Å². The van der Waals surface area contributed by atoms with Crippen molar-refractivity contribution in [2.24, 2.45) is 17.6 Å². The van der Waals surface area contributed by atoms with Gasteiger partial charge < -0.3 is 10.5 Å². The number of hydrogen-bond acceptors (Lipinski definition) is 3. The van der Waals surface area contributed by atoms with E-state index >= 15 is 0 Å². The van der Waals surface area contributed by atoms with Gasteiger partial charge in [-0.25, -0.2) is 0 Å². The van der Waals surface area contributed by atoms with Crippen LogP contribution in [0.2, 0.25) is 0 Å². The highest BCUT2D eigenvalue weighted by Crippen LogP contribution is 2.26. The first kappa shape index (κ1) is 13.8. The fourth-order valence-electron chi connectivity index (χ4n) is 2.39. The van der Waals surface area contributed by atoms with E-state index in [0.29, 0.717) is 12.5 Å². The second-order valence-corrected chi connectivity index (χ2v) is 6.53. The van der Waals surface area contributed by atoms with Gasteiger partial charge in [0.2, 0.25) is 0 Å². The average Bonchev–Trinajstić information content (AvgIpc) is 2.73. The second-order valence-electron chi connectivity index (χ2n) is 5.19. The third-order valence-electron chi connectivity index (χ3n) is 3.78. The van der Waals surface area contributed by atoms with Crippen molar-refractivity contribution in [1.29, 1.82) is 0 Å². The van der Waals surface area contributed by atoms with Crippen molar-refractivity contribution in [3.63, 3.8) is 0 Å². The Labute approximate surface area is 114 Å². The molecule has 1 aliphatic rings. The molecule has 0 aromatic carbocycles. The van der Waals surface area contributed by atoms with E-state index < -0.39 is 0 Å². The van der Waals surface area contributed by atoms with Crippen molar-refractivity contribution in [1.82, 2.24) is 0 Å². The molecule has 2 nitrogen and oxygen atoms in total. The summed E-state index contributed by atoms with van der Waals surface area (Å²) in [6.07, 6.45) is 6.94. The van der Waals surface area contributed by atoms with E-state index in [1.165, 1.54) is 21.7 Å². The van der Waals surface area contributed by atoms with E-state index in [1.54, 1.807) is 11.3 Å². The van der Waals surface area contributed by atoms with Crippen LogP contribution in [0.4, 0.5) is 0 Å². The summed E-state index contributed by atoms with van der Waals surface area (Å²) >= 11 is 1.78. The summed E-state index contributed by atoms with van der Waals surface area (Å²) in [4.78, 5) is 2.59. The molecule has 1 heterocycles. The Morgan fingerprint density at radius 1 is 1.39 bits per heavy atom. The Bertz CT molecular complexity index is 411. The third kappa shape index (κ3) is 3.44. The van der Waals surface area contributed by atoms with Crippen LogP contribution in [-0.4, -0.2) is 6.61 Å². The molecule has 2 unspecified atom stereocenters. The Kier molecular flexibility index (Phi) is 4.98. The highest BCUT2D eigenvalue weighted by Gasteiger charge is 2.18. The van der Waals surface area contributed by atoms with E-state index in [1.807, 2.05) is 0 Å². The lowest BCUT2D eigenvalue weighted by molar-refractivity contribution is 0.0680. The first-order valence-corrected chi connectivity index (χ1v) is 7.53. The van der Waals surface area contributed by atoms with E-state index in [2.05, 4.69) is 32.1 Å². The second kappa shape index (κ2) is 6.50. The minimum absolute atomic E-state index is 0.635. The molecule has 0 saturated carbocycles. The van der Waals surface area contributed by atoms with Crippen molar-refractivity contribution in [3.8, 4) is 0 Å². The number of allylic oxidation sites excluding steroid dienone is 2. The lowest BCUT2D eigenvalue weighted by Gasteiger charge is -2.24. The molecule has 18 heavy (non-hydrogen) atoms. The van der Waals surface area contributed by atoms with Crippen LogP contribution < -0.4 is 5.73 Å². The average molecular weight is 265 g/mol. The maximum absolute atomic E-state index is 5.90. The van der Waals surface area contributed by atoms with Gasteiger partial charge in [0.1, 0.15) is 0 Å². The molecule has 2 atom stereocenters. The Hall–Kier alpha value is -0.640. The molecule has 0 saturated heterocycles. The first-order valence-electron chi connectivity index (χ1n) is 6.71. The maximum Gasteiger partial charge on any atom is 0.0727 e. The van der Waals surface area contributed by atoms with Crippen LogP contribution in [0.3, 0.4) is 0 Å². The van der Waals surface area contributed by atoms with Crippen LogP contribution in [0.25, 0.3) is 0 Å². The molecule has 0 bridgehead atoms. The van der Waals surface area contributed by atoms with Crippen LogP contribution in [0.5, 0.6) is 0 Å². The molecule has 100 valence electrons. The summed E-state index contributed by atoms with van der Waals surface area (Å²) in [6.45, 7) is 6.71. The molecule has 3 heteroatoms. The van der Waals surface area contributed by atoms with E-state index in [4.69, 9.17) is 10.5 Å². The molecule has 1 aromatic rings. The van der Waals surface area contributed by atoms with Gasteiger partial charge in [0.25, 0.3) is 0 Å². The number of rotatable bonds is 5. The van der Waals surface area contributed by atoms with Crippen LogP contribution in [0, 0.1) is 18.8 Å². The quantitative estimate of drug-likeness (QED) is 0.825. The molecular weight excluding hydrogens is 242 g/mol. The zero-order valence-electron chi connectivity index (χ0n) is 11.3. The first-order chi connectivity index (χ1) is 8.70. The molecule has 0 radical (unpaired) electrons. The predicted octanol–water partition coefficient (Wildman–Crippen LogP) is 3.63. The SMILES string of the molecule is Cc1sc(CN)cc1COCC1CC=CCC1C. The summed E-state index contributed by atoms with van der Waals surface area (Å²) in [6, 6.07) is 2.18. The molecule has 1 aromatic heterocycles.